The molecule has 98 valence electrons. The molecule has 0 saturated carbocycles. The van der Waals surface area contributed by atoms with E-state index in [2.05, 4.69) is 20.9 Å². The van der Waals surface area contributed by atoms with Crippen molar-refractivity contribution in [3.8, 4) is 11.6 Å². The number of aromatic nitrogens is 1. The van der Waals surface area contributed by atoms with Gasteiger partial charge in [-0.1, -0.05) is 28.1 Å². The summed E-state index contributed by atoms with van der Waals surface area (Å²) in [5, 5.41) is 0. The Balaban J connectivity index is 2.44. The average molecular weight is 337 g/mol. The van der Waals surface area contributed by atoms with Gasteiger partial charge in [0.2, 0.25) is 5.88 Å². The van der Waals surface area contributed by atoms with Gasteiger partial charge in [-0.2, -0.15) is 0 Å². The monoisotopic (exact) mass is 336 g/mol. The number of hydrogen-bond acceptors (Lipinski definition) is 3. The van der Waals surface area contributed by atoms with Gasteiger partial charge in [-0.05, 0) is 49.7 Å². The standard InChI is InChI=1S/C14H13BrN2OS/c1-8-7-9(2)17-14(12(8)13(16)19)18-11-5-3-10(15)4-6-11/h3-7H,1-2H3,(H2,16,19). The van der Waals surface area contributed by atoms with Crippen LogP contribution in [0.1, 0.15) is 16.8 Å². The van der Waals surface area contributed by atoms with Crippen LogP contribution in [0.4, 0.5) is 0 Å². The minimum absolute atomic E-state index is 0.289. The van der Waals surface area contributed by atoms with Crippen molar-refractivity contribution < 1.29 is 4.74 Å². The molecule has 1 heterocycles. The van der Waals surface area contributed by atoms with E-state index in [1.165, 1.54) is 0 Å². The SMILES string of the molecule is Cc1cc(C)c(C(N)=S)c(Oc2ccc(Br)cc2)n1. The van der Waals surface area contributed by atoms with Gasteiger partial charge in [0, 0.05) is 10.2 Å². The maximum absolute atomic E-state index is 5.79. The number of aryl methyl sites for hydroxylation is 2. The van der Waals surface area contributed by atoms with Crippen molar-refractivity contribution in [2.45, 2.75) is 13.8 Å². The molecule has 1 aromatic carbocycles. The van der Waals surface area contributed by atoms with E-state index in [0.29, 0.717) is 17.2 Å². The number of thiocarbonyl (C=S) groups is 1. The highest BCUT2D eigenvalue weighted by molar-refractivity contribution is 9.10. The van der Waals surface area contributed by atoms with E-state index >= 15 is 0 Å². The van der Waals surface area contributed by atoms with Gasteiger partial charge >= 0.3 is 0 Å². The lowest BCUT2D eigenvalue weighted by Crippen LogP contribution is -2.14. The number of rotatable bonds is 3. The quantitative estimate of drug-likeness (QED) is 0.864. The van der Waals surface area contributed by atoms with Gasteiger partial charge in [0.1, 0.15) is 10.7 Å². The zero-order valence-corrected chi connectivity index (χ0v) is 13.0. The second-order valence-corrected chi connectivity index (χ2v) is 5.54. The molecule has 2 aromatic rings. The Morgan fingerprint density at radius 3 is 2.47 bits per heavy atom. The number of ether oxygens (including phenoxy) is 1. The van der Waals surface area contributed by atoms with Crippen molar-refractivity contribution in [1.82, 2.24) is 4.98 Å². The lowest BCUT2D eigenvalue weighted by molar-refractivity contribution is 0.460. The Hall–Kier alpha value is -1.46. The molecule has 0 fully saturated rings. The van der Waals surface area contributed by atoms with Crippen LogP contribution < -0.4 is 10.5 Å². The lowest BCUT2D eigenvalue weighted by atomic mass is 10.1. The minimum atomic E-state index is 0.289. The first-order valence-electron chi connectivity index (χ1n) is 5.69. The fourth-order valence-electron chi connectivity index (χ4n) is 1.79. The Kier molecular flexibility index (Phi) is 4.17. The number of pyridine rings is 1. The summed E-state index contributed by atoms with van der Waals surface area (Å²) in [5.41, 5.74) is 8.26. The Labute approximate surface area is 125 Å². The normalized spacial score (nSPS) is 10.3. The molecule has 0 radical (unpaired) electrons. The van der Waals surface area contributed by atoms with Crippen LogP contribution in [0.25, 0.3) is 0 Å². The summed E-state index contributed by atoms with van der Waals surface area (Å²) in [6.07, 6.45) is 0. The summed E-state index contributed by atoms with van der Waals surface area (Å²) in [7, 11) is 0. The van der Waals surface area contributed by atoms with Gasteiger partial charge in [-0.3, -0.25) is 0 Å². The molecular weight excluding hydrogens is 324 g/mol. The molecule has 0 aliphatic carbocycles. The Morgan fingerprint density at radius 2 is 1.89 bits per heavy atom. The molecule has 2 rings (SSSR count). The van der Waals surface area contributed by atoms with Crippen molar-refractivity contribution in [2.75, 3.05) is 0 Å². The predicted molar refractivity (Wildman–Crippen MR) is 83.8 cm³/mol. The van der Waals surface area contributed by atoms with Crippen LogP contribution in [-0.4, -0.2) is 9.97 Å². The fraction of sp³-hybridized carbons (Fsp3) is 0.143. The summed E-state index contributed by atoms with van der Waals surface area (Å²) >= 11 is 8.45. The van der Waals surface area contributed by atoms with Crippen LogP contribution in [0.5, 0.6) is 11.6 Å². The Bertz CT molecular complexity index is 626. The fourth-order valence-corrected chi connectivity index (χ4v) is 2.30. The van der Waals surface area contributed by atoms with E-state index < -0.39 is 0 Å². The smallest absolute Gasteiger partial charge is 0.229 e. The van der Waals surface area contributed by atoms with Crippen molar-refractivity contribution in [3.63, 3.8) is 0 Å². The van der Waals surface area contributed by atoms with E-state index in [4.69, 9.17) is 22.7 Å². The molecule has 0 unspecified atom stereocenters. The van der Waals surface area contributed by atoms with Gasteiger partial charge in [-0.25, -0.2) is 4.98 Å². The highest BCUT2D eigenvalue weighted by Crippen LogP contribution is 2.27. The van der Waals surface area contributed by atoms with Crippen molar-refractivity contribution in [2.24, 2.45) is 5.73 Å². The van der Waals surface area contributed by atoms with Gasteiger partial charge in [-0.15, -0.1) is 0 Å². The molecule has 1 aromatic heterocycles. The number of halogens is 1. The summed E-state index contributed by atoms with van der Waals surface area (Å²) in [5.74, 6) is 1.14. The molecule has 0 amide bonds. The number of hydrogen-bond donors (Lipinski definition) is 1. The summed E-state index contributed by atoms with van der Waals surface area (Å²) in [4.78, 5) is 4.66. The van der Waals surface area contributed by atoms with E-state index in [-0.39, 0.29) is 4.99 Å². The highest BCUT2D eigenvalue weighted by atomic mass is 79.9. The number of nitrogens with two attached hydrogens (primary N) is 1. The third kappa shape index (κ3) is 3.30. The van der Waals surface area contributed by atoms with Gasteiger partial charge in [0.25, 0.3) is 0 Å². The van der Waals surface area contributed by atoms with Crippen LogP contribution in [0.3, 0.4) is 0 Å². The highest BCUT2D eigenvalue weighted by Gasteiger charge is 2.13. The largest absolute Gasteiger partial charge is 0.438 e. The Morgan fingerprint density at radius 1 is 1.26 bits per heavy atom. The van der Waals surface area contributed by atoms with Crippen LogP contribution in [0.2, 0.25) is 0 Å². The van der Waals surface area contributed by atoms with Crippen molar-refractivity contribution in [1.29, 1.82) is 0 Å². The summed E-state index contributed by atoms with van der Waals surface area (Å²) in [6.45, 7) is 3.85. The number of nitrogens with zero attached hydrogens (tertiary/aromatic N) is 1. The van der Waals surface area contributed by atoms with E-state index in [1.807, 2.05) is 44.2 Å². The zero-order chi connectivity index (χ0) is 14.0. The topological polar surface area (TPSA) is 48.1 Å². The molecule has 0 aliphatic rings. The second-order valence-electron chi connectivity index (χ2n) is 4.18. The average Bonchev–Trinajstić information content (AvgIpc) is 2.30. The maximum Gasteiger partial charge on any atom is 0.229 e. The molecular formula is C14H13BrN2OS. The molecule has 0 bridgehead atoms. The van der Waals surface area contributed by atoms with Crippen molar-refractivity contribution >= 4 is 33.1 Å². The third-order valence-electron chi connectivity index (χ3n) is 2.59. The first-order valence-corrected chi connectivity index (χ1v) is 6.89. The van der Waals surface area contributed by atoms with E-state index in [1.54, 1.807) is 0 Å². The second kappa shape index (κ2) is 5.67. The van der Waals surface area contributed by atoms with Crippen LogP contribution >= 0.6 is 28.1 Å². The van der Waals surface area contributed by atoms with Gasteiger partial charge in [0.05, 0.1) is 5.56 Å². The number of benzene rings is 1. The molecule has 0 atom stereocenters. The van der Waals surface area contributed by atoms with Crippen LogP contribution in [0.15, 0.2) is 34.8 Å². The van der Waals surface area contributed by atoms with E-state index in [0.717, 1.165) is 15.7 Å². The lowest BCUT2D eigenvalue weighted by Gasteiger charge is -2.12. The molecule has 2 N–H and O–H groups in total. The molecule has 3 nitrogen and oxygen atoms in total. The van der Waals surface area contributed by atoms with Crippen LogP contribution in [0, 0.1) is 13.8 Å². The van der Waals surface area contributed by atoms with Crippen molar-refractivity contribution in [3.05, 3.63) is 51.6 Å². The summed E-state index contributed by atoms with van der Waals surface area (Å²) in [6, 6.07) is 9.44. The van der Waals surface area contributed by atoms with Crippen LogP contribution in [-0.2, 0) is 0 Å². The third-order valence-corrected chi connectivity index (χ3v) is 3.32. The van der Waals surface area contributed by atoms with Gasteiger partial charge < -0.3 is 10.5 Å². The first-order chi connectivity index (χ1) is 8.97. The van der Waals surface area contributed by atoms with Gasteiger partial charge in [0.15, 0.2) is 0 Å². The zero-order valence-electron chi connectivity index (χ0n) is 10.6. The maximum atomic E-state index is 5.79. The molecule has 19 heavy (non-hydrogen) atoms. The molecule has 0 spiro atoms. The molecule has 5 heteroatoms. The molecule has 0 aliphatic heterocycles. The first kappa shape index (κ1) is 14.0. The predicted octanol–water partition coefficient (Wildman–Crippen LogP) is 3.89. The van der Waals surface area contributed by atoms with E-state index in [9.17, 15) is 0 Å². The summed E-state index contributed by atoms with van der Waals surface area (Å²) < 4.78 is 6.78. The molecule has 0 saturated heterocycles. The minimum Gasteiger partial charge on any atom is -0.438 e.